The Morgan fingerprint density at radius 1 is 0.932 bits per heavy atom. The lowest BCUT2D eigenvalue weighted by molar-refractivity contribution is -0.236. The number of nitrogens with zero attached hydrogens (tertiary/aromatic N) is 3. The van der Waals surface area contributed by atoms with Crippen molar-refractivity contribution in [2.24, 2.45) is 40.1 Å². The number of amides is 6. The third-order valence-corrected chi connectivity index (χ3v) is 13.6. The number of carbonyl (C=O) groups excluding carboxylic acids is 5. The zero-order valence-electron chi connectivity index (χ0n) is 41.7. The molecule has 3 fully saturated rings. The SMILES string of the molecule is CCCCCN1C(=O)C(CCCNC(=O)C(NC(=O)C(NC(=O)NC(C(=O)O)C(C)C)C2CCN=C(N)N2)C(O)C(C)C)C(C(O[C@@H]2O[C@H](CN)[C@@H](O)[C@H]2OC)[C@H]2O[C@@H](n3ccc(=O)[nH]c3=O)[C@H](O)[C@@H]2O)C1=O. The lowest BCUT2D eigenvalue weighted by atomic mass is 9.82. The van der Waals surface area contributed by atoms with Crippen molar-refractivity contribution in [1.29, 1.82) is 0 Å². The van der Waals surface area contributed by atoms with E-state index >= 15 is 0 Å². The van der Waals surface area contributed by atoms with Gasteiger partial charge in [-0.3, -0.25) is 43.4 Å². The number of aliphatic hydroxyl groups excluding tert-OH is 4. The lowest BCUT2D eigenvalue weighted by Crippen LogP contribution is -2.66. The fraction of sp³-hybridized carbons (Fsp3) is 0.756. The number of aromatic nitrogens is 2. The van der Waals surface area contributed by atoms with E-state index in [4.69, 9.17) is 30.4 Å². The number of nitrogens with one attached hydrogen (secondary N) is 6. The molecule has 73 heavy (non-hydrogen) atoms. The molecule has 0 aromatic carbocycles. The summed E-state index contributed by atoms with van der Waals surface area (Å²) in [5.41, 5.74) is 10.0. The van der Waals surface area contributed by atoms with E-state index in [2.05, 4.69) is 31.6 Å². The average molecular weight is 1040 g/mol. The molecule has 6 amide bonds. The van der Waals surface area contributed by atoms with Gasteiger partial charge in [-0.05, 0) is 37.5 Å². The van der Waals surface area contributed by atoms with Crippen LogP contribution < -0.4 is 49.3 Å². The molecule has 28 heteroatoms. The number of urea groups is 1. The summed E-state index contributed by atoms with van der Waals surface area (Å²) in [6.45, 7) is 8.05. The maximum atomic E-state index is 14.7. The number of carboxylic acids is 1. The number of aliphatic imine (C=N–C) groups is 1. The first-order chi connectivity index (χ1) is 34.6. The minimum absolute atomic E-state index is 0.00225. The van der Waals surface area contributed by atoms with Crippen LogP contribution in [0.1, 0.15) is 79.4 Å². The number of H-pyrrole nitrogens is 1. The number of hydrogen-bond donors (Lipinski definition) is 13. The molecule has 410 valence electrons. The van der Waals surface area contributed by atoms with Crippen LogP contribution in [0.15, 0.2) is 26.8 Å². The molecule has 3 saturated heterocycles. The van der Waals surface area contributed by atoms with Crippen molar-refractivity contribution in [3.8, 4) is 0 Å². The Kier molecular flexibility index (Phi) is 20.8. The van der Waals surface area contributed by atoms with Crippen molar-refractivity contribution in [1.82, 2.24) is 41.0 Å². The molecule has 0 spiro atoms. The number of rotatable bonds is 25. The Bertz CT molecular complexity index is 2250. The minimum Gasteiger partial charge on any atom is -0.480 e. The van der Waals surface area contributed by atoms with Crippen LogP contribution in [0, 0.1) is 23.7 Å². The van der Waals surface area contributed by atoms with Crippen molar-refractivity contribution in [2.75, 3.05) is 33.3 Å². The van der Waals surface area contributed by atoms with Crippen LogP contribution in [0.3, 0.4) is 0 Å². The number of aliphatic carboxylic acids is 1. The molecule has 28 nitrogen and oxygen atoms in total. The Morgan fingerprint density at radius 2 is 1.64 bits per heavy atom. The first kappa shape index (κ1) is 58.3. The molecule has 4 aliphatic heterocycles. The monoisotopic (exact) mass is 1040 g/mol. The van der Waals surface area contributed by atoms with Crippen molar-refractivity contribution in [3.63, 3.8) is 0 Å². The van der Waals surface area contributed by atoms with E-state index < -0.39 is 156 Å². The van der Waals surface area contributed by atoms with Gasteiger partial charge in [0.1, 0.15) is 60.9 Å². The molecule has 16 atom stereocenters. The highest BCUT2D eigenvalue weighted by atomic mass is 16.7. The molecule has 8 unspecified atom stereocenters. The quantitative estimate of drug-likeness (QED) is 0.0323. The summed E-state index contributed by atoms with van der Waals surface area (Å²) in [5, 5.41) is 67.8. The molecule has 15 N–H and O–H groups in total. The van der Waals surface area contributed by atoms with Crippen LogP contribution in [0.2, 0.25) is 0 Å². The Labute approximate surface area is 420 Å². The number of guanidine groups is 1. The van der Waals surface area contributed by atoms with Gasteiger partial charge in [0.2, 0.25) is 23.6 Å². The van der Waals surface area contributed by atoms with Crippen molar-refractivity contribution >= 4 is 41.6 Å². The molecule has 0 saturated carbocycles. The molecule has 0 radical (unpaired) electrons. The van der Waals surface area contributed by atoms with E-state index in [1.54, 1.807) is 27.7 Å². The molecule has 1 aromatic rings. The number of aromatic amines is 1. The predicted molar refractivity (Wildman–Crippen MR) is 255 cm³/mol. The van der Waals surface area contributed by atoms with E-state index in [1.165, 1.54) is 7.11 Å². The van der Waals surface area contributed by atoms with E-state index in [9.17, 15) is 63.9 Å². The lowest BCUT2D eigenvalue weighted by Gasteiger charge is -2.34. The number of nitrogens with two attached hydrogens (primary N) is 2. The van der Waals surface area contributed by atoms with Gasteiger partial charge in [-0.15, -0.1) is 0 Å². The summed E-state index contributed by atoms with van der Waals surface area (Å²) in [7, 11) is 1.26. The summed E-state index contributed by atoms with van der Waals surface area (Å²) >= 11 is 0. The largest absolute Gasteiger partial charge is 0.480 e. The third kappa shape index (κ3) is 13.8. The van der Waals surface area contributed by atoms with Gasteiger partial charge in [-0.25, -0.2) is 14.4 Å². The van der Waals surface area contributed by atoms with Gasteiger partial charge in [-0.2, -0.15) is 0 Å². The highest BCUT2D eigenvalue weighted by molar-refractivity contribution is 6.05. The number of likely N-dealkylation sites (tertiary alicyclic amines) is 1. The van der Waals surface area contributed by atoms with Gasteiger partial charge in [0, 0.05) is 45.6 Å². The van der Waals surface area contributed by atoms with E-state index in [-0.39, 0.29) is 51.4 Å². The van der Waals surface area contributed by atoms with Crippen LogP contribution in [0.25, 0.3) is 0 Å². The first-order valence-electron chi connectivity index (χ1n) is 24.6. The second-order valence-electron chi connectivity index (χ2n) is 19.3. The number of hydrogen-bond acceptors (Lipinski definition) is 20. The summed E-state index contributed by atoms with van der Waals surface area (Å²) < 4.78 is 24.8. The first-order valence-corrected chi connectivity index (χ1v) is 24.6. The van der Waals surface area contributed by atoms with Gasteiger partial charge in [0.05, 0.1) is 24.0 Å². The van der Waals surface area contributed by atoms with Crippen molar-refractivity contribution in [3.05, 3.63) is 33.1 Å². The van der Waals surface area contributed by atoms with Crippen LogP contribution >= 0.6 is 0 Å². The average Bonchev–Trinajstić information content (AvgIpc) is 3.90. The smallest absolute Gasteiger partial charge is 0.330 e. The number of carbonyl (C=O) groups is 6. The summed E-state index contributed by atoms with van der Waals surface area (Å²) in [6, 6.07) is -5.33. The summed E-state index contributed by atoms with van der Waals surface area (Å²) in [5.74, 6) is -8.41. The van der Waals surface area contributed by atoms with Gasteiger partial charge >= 0.3 is 17.7 Å². The maximum Gasteiger partial charge on any atom is 0.330 e. The normalized spacial score (nSPS) is 29.3. The second kappa shape index (κ2) is 26.1. The Morgan fingerprint density at radius 3 is 2.25 bits per heavy atom. The standard InChI is InChI=1S/C45H73N11O17/c1-7-8-9-16-55-38(64)21(25(39(55)65)33(73-42-35(70-6)30(59)23(18-46)71-42)34-31(60)32(61)40(72-34)56-17-13-24(57)51-45(56)69)11-10-14-48-36(62)28(29(58)20(4)5)52-37(63)27(22-12-15-49-43(47)50-22)54-44(68)53-26(19(2)3)41(66)67/h13,17,19-23,25-35,40,42,58-61H,7-12,14-16,18,46H2,1-6H3,(H,48,62)(H,52,63)(H,66,67)(H3,47,49,50)(H,51,57,69)(H2,53,54,68)/t21?,22?,23-,25?,26?,27?,28?,29?,30-,31+,32-,33?,34+,35-,40-,42+/m1/s1. The molecule has 0 aliphatic carbocycles. The summed E-state index contributed by atoms with van der Waals surface area (Å²) in [6.07, 6.45) is -12.4. The second-order valence-corrected chi connectivity index (χ2v) is 19.3. The highest BCUT2D eigenvalue weighted by Gasteiger charge is 2.59. The number of aliphatic hydroxyl groups is 4. The Hall–Kier alpha value is -5.59. The van der Waals surface area contributed by atoms with Crippen LogP contribution in [-0.4, -0.2) is 194 Å². The van der Waals surface area contributed by atoms with Crippen LogP contribution in [-0.2, 0) is 42.9 Å². The fourth-order valence-corrected chi connectivity index (χ4v) is 9.47. The van der Waals surface area contributed by atoms with Crippen LogP contribution in [0.5, 0.6) is 0 Å². The zero-order chi connectivity index (χ0) is 54.0. The van der Waals surface area contributed by atoms with E-state index in [0.29, 0.717) is 12.8 Å². The molecular weight excluding hydrogens is 967 g/mol. The van der Waals surface area contributed by atoms with E-state index in [1.807, 2.05) is 11.9 Å². The van der Waals surface area contributed by atoms with Gasteiger partial charge in [0.25, 0.3) is 5.56 Å². The number of methoxy groups -OCH3 is 1. The topological polar surface area (TPSA) is 423 Å². The molecule has 4 aliphatic rings. The summed E-state index contributed by atoms with van der Waals surface area (Å²) in [4.78, 5) is 114. The molecular formula is C45H73N11O17. The minimum atomic E-state index is -1.90. The van der Waals surface area contributed by atoms with Gasteiger partial charge < -0.3 is 82.5 Å². The van der Waals surface area contributed by atoms with Gasteiger partial charge in [0.15, 0.2) is 18.5 Å². The van der Waals surface area contributed by atoms with Crippen molar-refractivity contribution in [2.45, 2.75) is 159 Å². The molecule has 0 bridgehead atoms. The third-order valence-electron chi connectivity index (χ3n) is 13.6. The molecule has 5 rings (SSSR count). The van der Waals surface area contributed by atoms with E-state index in [0.717, 1.165) is 28.2 Å². The Balaban J connectivity index is 1.41. The number of carboxylic acid groups (broad SMARTS) is 1. The molecule has 5 heterocycles. The zero-order valence-corrected chi connectivity index (χ0v) is 41.7. The number of imide groups is 1. The fourth-order valence-electron chi connectivity index (χ4n) is 9.47. The highest BCUT2D eigenvalue weighted by Crippen LogP contribution is 2.42. The molecule has 1 aromatic heterocycles. The maximum absolute atomic E-state index is 14.7. The van der Waals surface area contributed by atoms with Gasteiger partial charge in [-0.1, -0.05) is 47.5 Å². The number of ether oxygens (including phenoxy) is 4. The predicted octanol–water partition coefficient (Wildman–Crippen LogP) is -4.76. The number of unbranched alkanes of at least 4 members (excludes halogenated alkanes) is 2. The van der Waals surface area contributed by atoms with Crippen LogP contribution in [0.4, 0.5) is 4.79 Å². The van der Waals surface area contributed by atoms with Crippen molar-refractivity contribution < 1.29 is 73.2 Å².